The number of nitrogens with one attached hydrogen (secondary N) is 3. The second-order valence-electron chi connectivity index (χ2n) is 1.17. The van der Waals surface area contributed by atoms with Crippen LogP contribution in [-0.4, -0.2) is 24.4 Å². The molecule has 0 radical (unpaired) electrons. The van der Waals surface area contributed by atoms with E-state index >= 15 is 0 Å². The van der Waals surface area contributed by atoms with E-state index < -0.39 is 12.2 Å². The summed E-state index contributed by atoms with van der Waals surface area (Å²) in [6.45, 7) is 0. The first-order chi connectivity index (χ1) is 4.66. The lowest BCUT2D eigenvalue weighted by Crippen LogP contribution is -2.48. The topological polar surface area (TPSA) is 99.7 Å². The maximum Gasteiger partial charge on any atom is 0.422 e. The molecule has 0 rings (SSSR count). The Labute approximate surface area is 56.3 Å². The Morgan fingerprint density at radius 1 is 1.40 bits per heavy atom. The van der Waals surface area contributed by atoms with Gasteiger partial charge in [-0.15, -0.1) is 5.53 Å². The molecule has 0 saturated heterocycles. The molecule has 0 saturated carbocycles. The van der Waals surface area contributed by atoms with Gasteiger partial charge in [-0.25, -0.2) is 20.4 Å². The largest absolute Gasteiger partial charge is 0.464 e. The number of carboxylic acid groups (broad SMARTS) is 1. The summed E-state index contributed by atoms with van der Waals surface area (Å²) in [6.07, 6.45) is -2.09. The van der Waals surface area contributed by atoms with Crippen LogP contribution in [0.3, 0.4) is 0 Å². The summed E-state index contributed by atoms with van der Waals surface area (Å²) in [7, 11) is 1.15. The molecule has 0 aromatic carbocycles. The predicted octanol–water partition coefficient (Wildman–Crippen LogP) is -0.970. The van der Waals surface area contributed by atoms with E-state index in [2.05, 4.69) is 4.74 Å². The van der Waals surface area contributed by atoms with Crippen molar-refractivity contribution in [3.63, 3.8) is 0 Å². The van der Waals surface area contributed by atoms with Crippen molar-refractivity contribution in [1.29, 1.82) is 0 Å². The van der Waals surface area contributed by atoms with Gasteiger partial charge in [0.05, 0.1) is 7.11 Å². The summed E-state index contributed by atoms with van der Waals surface area (Å²) in [5.41, 5.74) is 5.39. The van der Waals surface area contributed by atoms with E-state index in [4.69, 9.17) is 5.11 Å². The molecule has 0 bridgehead atoms. The highest BCUT2D eigenvalue weighted by Gasteiger charge is 1.95. The molecule has 0 fully saturated rings. The predicted molar refractivity (Wildman–Crippen MR) is 29.8 cm³/mol. The van der Waals surface area contributed by atoms with Crippen LogP contribution in [0.5, 0.6) is 0 Å². The molecule has 0 unspecified atom stereocenters. The Morgan fingerprint density at radius 3 is 2.40 bits per heavy atom. The van der Waals surface area contributed by atoms with Crippen molar-refractivity contribution in [2.75, 3.05) is 7.11 Å². The third-order valence-electron chi connectivity index (χ3n) is 0.519. The van der Waals surface area contributed by atoms with Crippen LogP contribution in [-0.2, 0) is 4.74 Å². The Bertz CT molecular complexity index is 136. The summed E-state index contributed by atoms with van der Waals surface area (Å²) in [6, 6.07) is 0. The highest BCUT2D eigenvalue weighted by molar-refractivity contribution is 5.67. The van der Waals surface area contributed by atoms with Gasteiger partial charge < -0.3 is 9.84 Å². The van der Waals surface area contributed by atoms with Crippen LogP contribution < -0.4 is 16.4 Å². The lowest BCUT2D eigenvalue weighted by atomic mass is 11.2. The van der Waals surface area contributed by atoms with Gasteiger partial charge in [-0.3, -0.25) is 0 Å². The maximum absolute atomic E-state index is 10.2. The summed E-state index contributed by atoms with van der Waals surface area (Å²) >= 11 is 0. The minimum Gasteiger partial charge on any atom is -0.464 e. The van der Waals surface area contributed by atoms with E-state index in [0.29, 0.717) is 0 Å². The smallest absolute Gasteiger partial charge is 0.422 e. The molecule has 2 amide bonds. The van der Waals surface area contributed by atoms with Gasteiger partial charge in [-0.1, -0.05) is 0 Å². The van der Waals surface area contributed by atoms with E-state index in [9.17, 15) is 9.59 Å². The first-order valence-corrected chi connectivity index (χ1v) is 2.24. The van der Waals surface area contributed by atoms with Gasteiger partial charge in [-0.2, -0.15) is 0 Å². The normalized spacial score (nSPS) is 8.10. The van der Waals surface area contributed by atoms with E-state index in [1.165, 1.54) is 0 Å². The molecule has 0 aliphatic rings. The summed E-state index contributed by atoms with van der Waals surface area (Å²) in [5.74, 6) is 0. The van der Waals surface area contributed by atoms with Crippen LogP contribution >= 0.6 is 0 Å². The molecule has 0 atom stereocenters. The van der Waals surface area contributed by atoms with Crippen molar-refractivity contribution in [3.05, 3.63) is 0 Å². The quantitative estimate of drug-likeness (QED) is 0.378. The molecule has 0 aromatic rings. The highest BCUT2D eigenvalue weighted by atomic mass is 16.5. The third-order valence-corrected chi connectivity index (χ3v) is 0.519. The van der Waals surface area contributed by atoms with Gasteiger partial charge in [0.2, 0.25) is 0 Å². The molecule has 0 spiro atoms. The van der Waals surface area contributed by atoms with Crippen molar-refractivity contribution in [1.82, 2.24) is 16.4 Å². The van der Waals surface area contributed by atoms with Gasteiger partial charge in [0, 0.05) is 0 Å². The average Bonchev–Trinajstić information content (AvgIpc) is 1.87. The minimum absolute atomic E-state index is 0.784. The van der Waals surface area contributed by atoms with Crippen LogP contribution in [0.1, 0.15) is 0 Å². The van der Waals surface area contributed by atoms with Gasteiger partial charge in [-0.05, 0) is 0 Å². The molecule has 0 aliphatic heterocycles. The number of amides is 2. The number of hydrazine groups is 2. The molecule has 4 N–H and O–H groups in total. The van der Waals surface area contributed by atoms with E-state index in [1.807, 2.05) is 11.0 Å². The zero-order valence-corrected chi connectivity index (χ0v) is 5.17. The van der Waals surface area contributed by atoms with E-state index in [-0.39, 0.29) is 0 Å². The second-order valence-corrected chi connectivity index (χ2v) is 1.17. The van der Waals surface area contributed by atoms with Crippen molar-refractivity contribution >= 4 is 12.2 Å². The lowest BCUT2D eigenvalue weighted by Gasteiger charge is -2.03. The molecular weight excluding hydrogens is 142 g/mol. The third kappa shape index (κ3) is 4.65. The second kappa shape index (κ2) is 4.39. The SMILES string of the molecule is COC(=O)NNNC(=O)O. The molecular formula is C3H7N3O4. The van der Waals surface area contributed by atoms with Gasteiger partial charge in [0.25, 0.3) is 0 Å². The summed E-state index contributed by atoms with van der Waals surface area (Å²) in [4.78, 5) is 19.9. The Morgan fingerprint density at radius 2 is 2.00 bits per heavy atom. The number of hydrogen-bond acceptors (Lipinski definition) is 4. The fourth-order valence-corrected chi connectivity index (χ4v) is 0.187. The van der Waals surface area contributed by atoms with Gasteiger partial charge >= 0.3 is 12.2 Å². The number of carbonyl (C=O) groups excluding carboxylic acids is 1. The highest BCUT2D eigenvalue weighted by Crippen LogP contribution is 1.63. The first-order valence-electron chi connectivity index (χ1n) is 2.24. The van der Waals surface area contributed by atoms with Crippen LogP contribution in [0.4, 0.5) is 9.59 Å². The van der Waals surface area contributed by atoms with Gasteiger partial charge in [0.15, 0.2) is 0 Å². The fourth-order valence-electron chi connectivity index (χ4n) is 0.187. The summed E-state index contributed by atoms with van der Waals surface area (Å²) in [5, 5.41) is 7.93. The van der Waals surface area contributed by atoms with Gasteiger partial charge in [0.1, 0.15) is 0 Å². The molecule has 7 nitrogen and oxygen atoms in total. The first kappa shape index (κ1) is 8.50. The molecule has 0 aliphatic carbocycles. The Balaban J connectivity index is 3.20. The minimum atomic E-state index is -1.31. The zero-order chi connectivity index (χ0) is 7.98. The van der Waals surface area contributed by atoms with E-state index in [1.54, 1.807) is 5.43 Å². The number of hydrogen-bond donors (Lipinski definition) is 4. The van der Waals surface area contributed by atoms with Crippen LogP contribution in [0.2, 0.25) is 0 Å². The number of rotatable bonds is 2. The van der Waals surface area contributed by atoms with Crippen LogP contribution in [0.25, 0.3) is 0 Å². The van der Waals surface area contributed by atoms with Crippen molar-refractivity contribution in [3.8, 4) is 0 Å². The van der Waals surface area contributed by atoms with Crippen LogP contribution in [0.15, 0.2) is 0 Å². The average molecular weight is 149 g/mol. The number of ether oxygens (including phenoxy) is 1. The molecule has 0 aromatic heterocycles. The molecule has 0 heterocycles. The monoisotopic (exact) mass is 149 g/mol. The number of methoxy groups -OCH3 is 1. The Hall–Kier alpha value is -1.50. The zero-order valence-electron chi connectivity index (χ0n) is 5.17. The molecule has 7 heteroatoms. The fraction of sp³-hybridized carbons (Fsp3) is 0.333. The van der Waals surface area contributed by atoms with Crippen molar-refractivity contribution in [2.45, 2.75) is 0 Å². The number of carbonyl (C=O) groups is 2. The standard InChI is InChI=1S/C3H7N3O4/c1-10-3(9)5-6-4-2(7)8/h4,6H,1H3,(H,5,9)(H,7,8). The molecule has 58 valence electrons. The Kier molecular flexibility index (Phi) is 3.73. The lowest BCUT2D eigenvalue weighted by molar-refractivity contribution is 0.158. The molecule has 10 heavy (non-hydrogen) atoms. The van der Waals surface area contributed by atoms with E-state index in [0.717, 1.165) is 7.11 Å². The van der Waals surface area contributed by atoms with Crippen molar-refractivity contribution < 1.29 is 19.4 Å². The summed E-state index contributed by atoms with van der Waals surface area (Å²) < 4.78 is 4.09. The van der Waals surface area contributed by atoms with Crippen molar-refractivity contribution in [2.24, 2.45) is 0 Å². The van der Waals surface area contributed by atoms with Crippen LogP contribution in [0, 0.1) is 0 Å². The maximum atomic E-state index is 10.2.